The molecule has 0 spiro atoms. The van der Waals surface area contributed by atoms with Gasteiger partial charge in [0.1, 0.15) is 5.56 Å². The predicted molar refractivity (Wildman–Crippen MR) is 72.8 cm³/mol. The molecule has 116 valence electrons. The molecule has 0 amide bonds. The SMILES string of the molecule is O=C(O)c1cc([N+](=O)[O-])cc(NS(=O)(=O)CCCCl)c1F. The van der Waals surface area contributed by atoms with Crippen LogP contribution in [0, 0.1) is 15.9 Å². The fourth-order valence-electron chi connectivity index (χ4n) is 1.41. The molecule has 1 rings (SSSR count). The van der Waals surface area contributed by atoms with E-state index in [1.165, 1.54) is 0 Å². The molecule has 0 saturated carbocycles. The molecule has 0 unspecified atom stereocenters. The molecule has 8 nitrogen and oxygen atoms in total. The van der Waals surface area contributed by atoms with Gasteiger partial charge in [0, 0.05) is 18.0 Å². The third-order valence-corrected chi connectivity index (χ3v) is 3.94. The number of nitro benzene ring substituents is 1. The van der Waals surface area contributed by atoms with Crippen LogP contribution in [0.25, 0.3) is 0 Å². The number of anilines is 1. The van der Waals surface area contributed by atoms with Crippen molar-refractivity contribution >= 4 is 39.0 Å². The zero-order chi connectivity index (χ0) is 16.2. The van der Waals surface area contributed by atoms with Gasteiger partial charge >= 0.3 is 5.97 Å². The van der Waals surface area contributed by atoms with Crippen LogP contribution in [0.15, 0.2) is 12.1 Å². The Bertz CT molecular complexity index is 678. The van der Waals surface area contributed by atoms with Crippen molar-refractivity contribution in [3.63, 3.8) is 0 Å². The van der Waals surface area contributed by atoms with E-state index in [1.807, 2.05) is 0 Å². The summed E-state index contributed by atoms with van der Waals surface area (Å²) in [5, 5.41) is 19.5. The van der Waals surface area contributed by atoms with E-state index in [-0.39, 0.29) is 12.3 Å². The first kappa shape index (κ1) is 17.1. The van der Waals surface area contributed by atoms with E-state index in [1.54, 1.807) is 4.72 Å². The molecule has 1 aromatic carbocycles. The monoisotopic (exact) mass is 340 g/mol. The van der Waals surface area contributed by atoms with Crippen molar-refractivity contribution < 1.29 is 27.6 Å². The first-order chi connectivity index (χ1) is 9.68. The normalized spacial score (nSPS) is 11.1. The highest BCUT2D eigenvalue weighted by Gasteiger charge is 2.23. The third kappa shape index (κ3) is 4.53. The Balaban J connectivity index is 3.29. The summed E-state index contributed by atoms with van der Waals surface area (Å²) in [6.45, 7) is 0. The standard InChI is InChI=1S/C10H10ClFN2O6S/c11-2-1-3-21(19,20)13-8-5-6(14(17)18)4-7(9(8)12)10(15)16/h4-5,13H,1-3H2,(H,15,16). The quantitative estimate of drug-likeness (QED) is 0.442. The molecular weight excluding hydrogens is 331 g/mol. The lowest BCUT2D eigenvalue weighted by atomic mass is 10.1. The summed E-state index contributed by atoms with van der Waals surface area (Å²) in [6.07, 6.45) is 0.0826. The molecule has 0 bridgehead atoms. The van der Waals surface area contributed by atoms with Crippen LogP contribution in [0.4, 0.5) is 15.8 Å². The summed E-state index contributed by atoms with van der Waals surface area (Å²) in [7, 11) is -3.99. The van der Waals surface area contributed by atoms with Crippen LogP contribution in [0.5, 0.6) is 0 Å². The van der Waals surface area contributed by atoms with Crippen LogP contribution in [-0.2, 0) is 10.0 Å². The second-order valence-corrected chi connectivity index (χ2v) is 6.10. The van der Waals surface area contributed by atoms with Gasteiger partial charge in [-0.3, -0.25) is 14.8 Å². The lowest BCUT2D eigenvalue weighted by Gasteiger charge is -2.09. The Hall–Kier alpha value is -1.94. The number of carbonyl (C=O) groups is 1. The Morgan fingerprint density at radius 2 is 2.10 bits per heavy atom. The van der Waals surface area contributed by atoms with E-state index in [0.29, 0.717) is 12.1 Å². The van der Waals surface area contributed by atoms with Crippen LogP contribution < -0.4 is 4.72 Å². The van der Waals surface area contributed by atoms with E-state index < -0.39 is 49.4 Å². The van der Waals surface area contributed by atoms with Gasteiger partial charge in [0.05, 0.1) is 16.4 Å². The second kappa shape index (κ2) is 6.68. The van der Waals surface area contributed by atoms with Crippen LogP contribution in [0.1, 0.15) is 16.8 Å². The number of nitro groups is 1. The molecule has 1 aromatic rings. The maximum atomic E-state index is 13.9. The summed E-state index contributed by atoms with van der Waals surface area (Å²) < 4.78 is 38.9. The molecular formula is C10H10ClFN2O6S. The lowest BCUT2D eigenvalue weighted by molar-refractivity contribution is -0.384. The van der Waals surface area contributed by atoms with E-state index in [2.05, 4.69) is 0 Å². The number of non-ortho nitro benzene ring substituents is 1. The van der Waals surface area contributed by atoms with Gasteiger partial charge in [-0.1, -0.05) is 0 Å². The minimum Gasteiger partial charge on any atom is -0.478 e. The maximum absolute atomic E-state index is 13.9. The Kier molecular flexibility index (Phi) is 5.44. The molecule has 21 heavy (non-hydrogen) atoms. The molecule has 0 saturated heterocycles. The van der Waals surface area contributed by atoms with Crippen molar-refractivity contribution in [1.29, 1.82) is 0 Å². The highest BCUT2D eigenvalue weighted by Crippen LogP contribution is 2.26. The van der Waals surface area contributed by atoms with Gasteiger partial charge in [-0.15, -0.1) is 11.6 Å². The largest absolute Gasteiger partial charge is 0.478 e. The molecule has 0 aliphatic rings. The van der Waals surface area contributed by atoms with Gasteiger partial charge in [-0.05, 0) is 6.42 Å². The average Bonchev–Trinajstić information content (AvgIpc) is 2.38. The van der Waals surface area contributed by atoms with Crippen LogP contribution in [0.3, 0.4) is 0 Å². The van der Waals surface area contributed by atoms with Crippen molar-refractivity contribution in [2.24, 2.45) is 0 Å². The number of hydrogen-bond donors (Lipinski definition) is 2. The number of carboxylic acid groups (broad SMARTS) is 1. The number of nitrogens with one attached hydrogen (secondary N) is 1. The lowest BCUT2D eigenvalue weighted by Crippen LogP contribution is -2.19. The second-order valence-electron chi connectivity index (χ2n) is 3.88. The number of rotatable bonds is 7. The smallest absolute Gasteiger partial charge is 0.339 e. The fourth-order valence-corrected chi connectivity index (χ4v) is 2.81. The Morgan fingerprint density at radius 1 is 1.48 bits per heavy atom. The number of carboxylic acids is 1. The van der Waals surface area contributed by atoms with Gasteiger partial charge in [0.2, 0.25) is 10.0 Å². The van der Waals surface area contributed by atoms with Gasteiger partial charge < -0.3 is 5.11 Å². The molecule has 0 radical (unpaired) electrons. The van der Waals surface area contributed by atoms with E-state index in [0.717, 1.165) is 0 Å². The highest BCUT2D eigenvalue weighted by molar-refractivity contribution is 7.92. The number of alkyl halides is 1. The number of sulfonamides is 1. The van der Waals surface area contributed by atoms with Gasteiger partial charge in [0.25, 0.3) is 5.69 Å². The fraction of sp³-hybridized carbons (Fsp3) is 0.300. The van der Waals surface area contributed by atoms with E-state index >= 15 is 0 Å². The summed E-state index contributed by atoms with van der Waals surface area (Å²) >= 11 is 5.34. The predicted octanol–water partition coefficient (Wildman–Crippen LogP) is 1.80. The van der Waals surface area contributed by atoms with Gasteiger partial charge in [0.15, 0.2) is 5.82 Å². The van der Waals surface area contributed by atoms with Crippen molar-refractivity contribution in [3.8, 4) is 0 Å². The third-order valence-electron chi connectivity index (χ3n) is 2.31. The Labute approximate surface area is 123 Å². The molecule has 0 heterocycles. The molecule has 0 aromatic heterocycles. The number of hydrogen-bond acceptors (Lipinski definition) is 5. The summed E-state index contributed by atoms with van der Waals surface area (Å²) in [5.41, 5.74) is -2.54. The average molecular weight is 341 g/mol. The summed E-state index contributed by atoms with van der Waals surface area (Å²) in [4.78, 5) is 20.5. The molecule has 11 heteroatoms. The van der Waals surface area contributed by atoms with Crippen LogP contribution in [-0.4, -0.2) is 36.0 Å². The minimum absolute atomic E-state index is 0.0543. The minimum atomic E-state index is -3.99. The molecule has 0 atom stereocenters. The first-order valence-electron chi connectivity index (χ1n) is 5.45. The van der Waals surface area contributed by atoms with Crippen molar-refractivity contribution in [3.05, 3.63) is 33.6 Å². The van der Waals surface area contributed by atoms with E-state index in [9.17, 15) is 27.7 Å². The number of aromatic carboxylic acids is 1. The molecule has 0 fully saturated rings. The first-order valence-corrected chi connectivity index (χ1v) is 7.64. The Morgan fingerprint density at radius 3 is 2.57 bits per heavy atom. The maximum Gasteiger partial charge on any atom is 0.339 e. The zero-order valence-electron chi connectivity index (χ0n) is 10.4. The number of nitrogens with zero attached hydrogens (tertiary/aromatic N) is 1. The topological polar surface area (TPSA) is 127 Å². The molecule has 2 N–H and O–H groups in total. The van der Waals surface area contributed by atoms with Crippen LogP contribution in [0.2, 0.25) is 0 Å². The zero-order valence-corrected chi connectivity index (χ0v) is 11.9. The van der Waals surface area contributed by atoms with Crippen molar-refractivity contribution in [2.45, 2.75) is 6.42 Å². The molecule has 0 aliphatic carbocycles. The number of halogens is 2. The number of benzene rings is 1. The van der Waals surface area contributed by atoms with Crippen LogP contribution >= 0.6 is 11.6 Å². The van der Waals surface area contributed by atoms with E-state index in [4.69, 9.17) is 16.7 Å². The van der Waals surface area contributed by atoms with Crippen molar-refractivity contribution in [1.82, 2.24) is 0 Å². The van der Waals surface area contributed by atoms with Gasteiger partial charge in [-0.25, -0.2) is 17.6 Å². The van der Waals surface area contributed by atoms with Crippen molar-refractivity contribution in [2.75, 3.05) is 16.4 Å². The summed E-state index contributed by atoms with van der Waals surface area (Å²) in [5.74, 6) is -3.53. The van der Waals surface area contributed by atoms with Gasteiger partial charge in [-0.2, -0.15) is 0 Å². The molecule has 0 aliphatic heterocycles. The summed E-state index contributed by atoms with van der Waals surface area (Å²) in [6, 6.07) is 1.12. The highest BCUT2D eigenvalue weighted by atomic mass is 35.5.